The van der Waals surface area contributed by atoms with Crippen LogP contribution in [-0.2, 0) is 0 Å². The van der Waals surface area contributed by atoms with E-state index in [9.17, 15) is 0 Å². The highest BCUT2D eigenvalue weighted by molar-refractivity contribution is 9.10. The average Bonchev–Trinajstić information content (AvgIpc) is 2.69. The van der Waals surface area contributed by atoms with Gasteiger partial charge in [-0.15, -0.1) is 0 Å². The molecule has 26 heavy (non-hydrogen) atoms. The van der Waals surface area contributed by atoms with Crippen LogP contribution in [-0.4, -0.2) is 11.7 Å². The van der Waals surface area contributed by atoms with Crippen LogP contribution in [0.15, 0.2) is 92.9 Å². The summed E-state index contributed by atoms with van der Waals surface area (Å²) in [6.45, 7) is 2.22. The van der Waals surface area contributed by atoms with Gasteiger partial charge in [0.25, 0.3) is 0 Å². The van der Waals surface area contributed by atoms with Gasteiger partial charge in [0.1, 0.15) is 12.0 Å². The van der Waals surface area contributed by atoms with Crippen molar-refractivity contribution in [3.63, 3.8) is 0 Å². The highest BCUT2D eigenvalue weighted by atomic mass is 79.9. The summed E-state index contributed by atoms with van der Waals surface area (Å²) in [5, 5.41) is 3.49. The lowest BCUT2D eigenvalue weighted by Crippen LogP contribution is -2.34. The number of benzene rings is 2. The second-order valence-corrected chi connectivity index (χ2v) is 7.55. The summed E-state index contributed by atoms with van der Waals surface area (Å²) in [5.41, 5.74) is 3.38. The first-order valence-corrected chi connectivity index (χ1v) is 9.60. The zero-order valence-electron chi connectivity index (χ0n) is 14.6. The van der Waals surface area contributed by atoms with Crippen LogP contribution >= 0.6 is 15.9 Å². The molecule has 2 aliphatic rings. The highest BCUT2D eigenvalue weighted by Crippen LogP contribution is 2.26. The Labute approximate surface area is 162 Å². The first-order valence-electron chi connectivity index (χ1n) is 8.81. The Balaban J connectivity index is 1.74. The number of nitrogens with zero attached hydrogens (tertiary/aromatic N) is 2. The van der Waals surface area contributed by atoms with Gasteiger partial charge in [0, 0.05) is 10.0 Å². The van der Waals surface area contributed by atoms with Crippen LogP contribution < -0.4 is 5.32 Å². The number of hydrogen-bond acceptors (Lipinski definition) is 3. The van der Waals surface area contributed by atoms with Gasteiger partial charge in [0.05, 0.1) is 0 Å². The average molecular weight is 406 g/mol. The van der Waals surface area contributed by atoms with Crippen LogP contribution in [0.3, 0.4) is 0 Å². The molecule has 0 radical (unpaired) electrons. The Kier molecular flexibility index (Phi) is 4.85. The molecule has 3 nitrogen and oxygen atoms in total. The van der Waals surface area contributed by atoms with E-state index >= 15 is 0 Å². The van der Waals surface area contributed by atoms with Crippen LogP contribution in [0.2, 0.25) is 0 Å². The summed E-state index contributed by atoms with van der Waals surface area (Å²) in [6.07, 6.45) is 7.29. The molecular weight excluding hydrogens is 386 g/mol. The minimum absolute atomic E-state index is 0.145. The quantitative estimate of drug-likeness (QED) is 0.726. The van der Waals surface area contributed by atoms with Crippen molar-refractivity contribution < 1.29 is 0 Å². The zero-order valence-corrected chi connectivity index (χ0v) is 16.1. The van der Waals surface area contributed by atoms with Gasteiger partial charge >= 0.3 is 0 Å². The number of amidine groups is 2. The fraction of sp³-hybridized carbons (Fsp3) is 0.182. The smallest absolute Gasteiger partial charge is 0.155 e. The minimum atomic E-state index is -0.145. The molecule has 0 spiro atoms. The fourth-order valence-corrected chi connectivity index (χ4v) is 3.43. The van der Waals surface area contributed by atoms with E-state index in [-0.39, 0.29) is 6.17 Å². The maximum Gasteiger partial charge on any atom is 0.155 e. The second-order valence-electron chi connectivity index (χ2n) is 6.64. The predicted octanol–water partition coefficient (Wildman–Crippen LogP) is 5.42. The molecule has 1 heterocycles. The first kappa shape index (κ1) is 17.0. The number of aliphatic imine (C=N–C) groups is 2. The molecule has 4 heteroatoms. The fourth-order valence-electron chi connectivity index (χ4n) is 3.16. The lowest BCUT2D eigenvalue weighted by atomic mass is 9.95. The van der Waals surface area contributed by atoms with Crippen molar-refractivity contribution in [1.82, 2.24) is 5.32 Å². The van der Waals surface area contributed by atoms with Crippen molar-refractivity contribution in [1.29, 1.82) is 0 Å². The molecule has 0 aromatic heterocycles. The Morgan fingerprint density at radius 2 is 1.81 bits per heavy atom. The van der Waals surface area contributed by atoms with E-state index in [1.807, 2.05) is 30.3 Å². The van der Waals surface area contributed by atoms with E-state index in [4.69, 9.17) is 9.98 Å². The molecule has 0 amide bonds. The van der Waals surface area contributed by atoms with Crippen LogP contribution in [0.5, 0.6) is 0 Å². The number of rotatable bonds is 3. The van der Waals surface area contributed by atoms with E-state index in [1.54, 1.807) is 0 Å². The third-order valence-corrected chi connectivity index (χ3v) is 5.07. The molecule has 0 bridgehead atoms. The molecule has 0 saturated heterocycles. The summed E-state index contributed by atoms with van der Waals surface area (Å²) >= 11 is 3.50. The third kappa shape index (κ3) is 3.70. The van der Waals surface area contributed by atoms with Crippen molar-refractivity contribution >= 4 is 27.6 Å². The van der Waals surface area contributed by atoms with Crippen molar-refractivity contribution in [3.05, 3.63) is 94.0 Å². The van der Waals surface area contributed by atoms with Gasteiger partial charge < -0.3 is 5.32 Å². The maximum absolute atomic E-state index is 4.92. The van der Waals surface area contributed by atoms with Crippen molar-refractivity contribution in [3.8, 4) is 0 Å². The van der Waals surface area contributed by atoms with Crippen LogP contribution in [0.4, 0.5) is 0 Å². The van der Waals surface area contributed by atoms with Gasteiger partial charge in [0.15, 0.2) is 5.84 Å². The first-order chi connectivity index (χ1) is 12.7. The lowest BCUT2D eigenvalue weighted by Gasteiger charge is -2.25. The monoisotopic (exact) mass is 405 g/mol. The Bertz CT molecular complexity index is 908. The number of hydrogen-bond donors (Lipinski definition) is 1. The van der Waals surface area contributed by atoms with Gasteiger partial charge in [-0.25, -0.2) is 9.98 Å². The minimum Gasteiger partial charge on any atom is -0.344 e. The molecule has 1 unspecified atom stereocenters. The molecule has 1 aliphatic heterocycles. The van der Waals surface area contributed by atoms with Gasteiger partial charge in [0.2, 0.25) is 0 Å². The van der Waals surface area contributed by atoms with E-state index in [0.717, 1.165) is 33.7 Å². The molecule has 1 aliphatic carbocycles. The maximum atomic E-state index is 4.92. The molecule has 1 N–H and O–H groups in total. The molecule has 4 rings (SSSR count). The summed E-state index contributed by atoms with van der Waals surface area (Å²) in [5.74, 6) is 2.20. The largest absolute Gasteiger partial charge is 0.344 e. The number of halogens is 1. The van der Waals surface area contributed by atoms with Gasteiger partial charge in [-0.1, -0.05) is 83.5 Å². The Morgan fingerprint density at radius 1 is 1.04 bits per heavy atom. The van der Waals surface area contributed by atoms with E-state index in [2.05, 4.69) is 70.7 Å². The summed E-state index contributed by atoms with van der Waals surface area (Å²) in [6, 6.07) is 18.5. The highest BCUT2D eigenvalue weighted by Gasteiger charge is 2.22. The molecule has 0 saturated carbocycles. The van der Waals surface area contributed by atoms with E-state index < -0.39 is 0 Å². The Hall–Kier alpha value is -2.46. The molecule has 2 aromatic carbocycles. The zero-order chi connectivity index (χ0) is 17.9. The van der Waals surface area contributed by atoms with E-state index in [1.165, 1.54) is 5.57 Å². The summed E-state index contributed by atoms with van der Waals surface area (Å²) in [7, 11) is 0. The molecule has 130 valence electrons. The van der Waals surface area contributed by atoms with Crippen molar-refractivity contribution in [2.45, 2.75) is 19.5 Å². The molecule has 2 atom stereocenters. The van der Waals surface area contributed by atoms with Crippen molar-refractivity contribution in [2.24, 2.45) is 15.9 Å². The third-order valence-electron chi connectivity index (χ3n) is 4.54. The standard InChI is InChI=1S/C22H20BrN3/c1-15-6-5-9-18(14-15)22-25-20(16-7-3-2-4-8-16)24-21(26-22)17-10-12-19(23)13-11-17/h2-13,15,21H,14H2,1H3,(H,24,25,26)/t15?,21-/m0/s1. The summed E-state index contributed by atoms with van der Waals surface area (Å²) < 4.78 is 1.06. The van der Waals surface area contributed by atoms with Crippen LogP contribution in [0.25, 0.3) is 0 Å². The van der Waals surface area contributed by atoms with Crippen molar-refractivity contribution in [2.75, 3.05) is 0 Å². The predicted molar refractivity (Wildman–Crippen MR) is 111 cm³/mol. The second kappa shape index (κ2) is 7.42. The molecule has 2 aromatic rings. The molecule has 0 fully saturated rings. The molecular formula is C22H20BrN3. The van der Waals surface area contributed by atoms with E-state index in [0.29, 0.717) is 5.92 Å². The normalized spacial score (nSPS) is 22.2. The van der Waals surface area contributed by atoms with Crippen LogP contribution in [0, 0.1) is 5.92 Å². The lowest BCUT2D eigenvalue weighted by molar-refractivity contribution is 0.667. The van der Waals surface area contributed by atoms with Crippen LogP contribution in [0.1, 0.15) is 30.6 Å². The van der Waals surface area contributed by atoms with Gasteiger partial charge in [-0.05, 0) is 35.6 Å². The number of nitrogens with one attached hydrogen (secondary N) is 1. The Morgan fingerprint density at radius 3 is 2.54 bits per heavy atom. The summed E-state index contributed by atoms with van der Waals surface area (Å²) in [4.78, 5) is 9.76. The van der Waals surface area contributed by atoms with Gasteiger partial charge in [-0.2, -0.15) is 0 Å². The topological polar surface area (TPSA) is 36.8 Å². The number of allylic oxidation sites excluding steroid dienone is 3. The van der Waals surface area contributed by atoms with Gasteiger partial charge in [-0.3, -0.25) is 0 Å². The SMILES string of the molecule is CC1C=CC=C(C2=N[C@@H](c3ccc(Br)cc3)NC(c3ccccc3)=N2)C1.